The van der Waals surface area contributed by atoms with Gasteiger partial charge in [-0.1, -0.05) is 23.8 Å². The first-order valence-corrected chi connectivity index (χ1v) is 6.65. The topological polar surface area (TPSA) is 38.0 Å². The minimum atomic E-state index is 0.402. The Kier molecular flexibility index (Phi) is 3.85. The summed E-state index contributed by atoms with van der Waals surface area (Å²) in [4.78, 5) is 0. The molecule has 0 heterocycles. The van der Waals surface area contributed by atoms with E-state index >= 15 is 0 Å². The highest BCUT2D eigenvalue weighted by atomic mass is 15.0. The fourth-order valence-electron chi connectivity index (χ4n) is 2.92. The first-order valence-electron chi connectivity index (χ1n) is 6.65. The molecule has 0 saturated heterocycles. The van der Waals surface area contributed by atoms with Crippen LogP contribution in [0.4, 0.5) is 0 Å². The third-order valence-corrected chi connectivity index (χ3v) is 3.85. The molecule has 0 bridgehead atoms. The van der Waals surface area contributed by atoms with Gasteiger partial charge in [0.2, 0.25) is 0 Å². The zero-order chi connectivity index (χ0) is 12.4. The second kappa shape index (κ2) is 5.19. The van der Waals surface area contributed by atoms with Crippen molar-refractivity contribution in [1.29, 1.82) is 0 Å². The molecule has 2 heteroatoms. The number of hydrogen-bond acceptors (Lipinski definition) is 2. The highest BCUT2D eigenvalue weighted by Crippen LogP contribution is 2.23. The largest absolute Gasteiger partial charge is 0.328 e. The molecule has 3 atom stereocenters. The highest BCUT2D eigenvalue weighted by Gasteiger charge is 2.23. The van der Waals surface area contributed by atoms with Gasteiger partial charge in [-0.25, -0.2) is 0 Å². The number of rotatable bonds is 3. The van der Waals surface area contributed by atoms with Gasteiger partial charge >= 0.3 is 0 Å². The fourth-order valence-corrected chi connectivity index (χ4v) is 2.92. The molecule has 1 saturated carbocycles. The van der Waals surface area contributed by atoms with Crippen LogP contribution >= 0.6 is 0 Å². The van der Waals surface area contributed by atoms with Crippen LogP contribution in [0.15, 0.2) is 18.2 Å². The number of nitrogens with two attached hydrogens (primary N) is 1. The Morgan fingerprint density at radius 2 is 2.06 bits per heavy atom. The van der Waals surface area contributed by atoms with E-state index in [0.717, 1.165) is 12.8 Å². The molecule has 3 N–H and O–H groups in total. The monoisotopic (exact) mass is 232 g/mol. The SMILES string of the molecule is Cc1ccc(C(C)NC2CCC(N)C2)c(C)c1. The quantitative estimate of drug-likeness (QED) is 0.841. The third kappa shape index (κ3) is 3.08. The second-order valence-electron chi connectivity index (χ2n) is 5.52. The van der Waals surface area contributed by atoms with E-state index in [4.69, 9.17) is 5.73 Å². The number of aryl methyl sites for hydroxylation is 2. The van der Waals surface area contributed by atoms with Crippen molar-refractivity contribution in [3.63, 3.8) is 0 Å². The standard InChI is InChI=1S/C15H24N2/c1-10-4-7-15(11(2)8-10)12(3)17-14-6-5-13(16)9-14/h4,7-8,12-14,17H,5-6,9,16H2,1-3H3. The number of hydrogen-bond donors (Lipinski definition) is 2. The van der Waals surface area contributed by atoms with Crippen LogP contribution in [0.2, 0.25) is 0 Å². The molecule has 1 aliphatic rings. The van der Waals surface area contributed by atoms with E-state index in [9.17, 15) is 0 Å². The molecule has 1 fully saturated rings. The Morgan fingerprint density at radius 3 is 2.65 bits per heavy atom. The second-order valence-corrected chi connectivity index (χ2v) is 5.52. The van der Waals surface area contributed by atoms with Gasteiger partial charge in [-0.15, -0.1) is 0 Å². The van der Waals surface area contributed by atoms with Crippen LogP contribution in [0.25, 0.3) is 0 Å². The Balaban J connectivity index is 2.01. The molecule has 2 rings (SSSR count). The Labute approximate surface area is 105 Å². The van der Waals surface area contributed by atoms with Crippen molar-refractivity contribution >= 4 is 0 Å². The van der Waals surface area contributed by atoms with Crippen molar-refractivity contribution in [1.82, 2.24) is 5.32 Å². The van der Waals surface area contributed by atoms with Crippen LogP contribution in [0.1, 0.15) is 48.9 Å². The zero-order valence-electron chi connectivity index (χ0n) is 11.2. The average molecular weight is 232 g/mol. The van der Waals surface area contributed by atoms with Gasteiger partial charge in [-0.05, 0) is 51.2 Å². The van der Waals surface area contributed by atoms with Crippen LogP contribution in [0, 0.1) is 13.8 Å². The van der Waals surface area contributed by atoms with Crippen LogP contribution in [0.3, 0.4) is 0 Å². The van der Waals surface area contributed by atoms with Gasteiger partial charge in [0.15, 0.2) is 0 Å². The summed E-state index contributed by atoms with van der Waals surface area (Å²) in [5, 5.41) is 3.71. The van der Waals surface area contributed by atoms with Gasteiger partial charge in [0.1, 0.15) is 0 Å². The normalized spacial score (nSPS) is 26.1. The Hall–Kier alpha value is -0.860. The fraction of sp³-hybridized carbons (Fsp3) is 0.600. The summed E-state index contributed by atoms with van der Waals surface area (Å²) < 4.78 is 0. The van der Waals surface area contributed by atoms with Crippen LogP contribution in [0.5, 0.6) is 0 Å². The first kappa shape index (κ1) is 12.6. The van der Waals surface area contributed by atoms with Crippen LogP contribution in [-0.2, 0) is 0 Å². The van der Waals surface area contributed by atoms with E-state index in [-0.39, 0.29) is 0 Å². The van der Waals surface area contributed by atoms with Crippen molar-refractivity contribution in [2.75, 3.05) is 0 Å². The summed E-state index contributed by atoms with van der Waals surface area (Å²) in [6.07, 6.45) is 3.50. The van der Waals surface area contributed by atoms with Gasteiger partial charge < -0.3 is 11.1 Å². The van der Waals surface area contributed by atoms with Crippen molar-refractivity contribution in [3.05, 3.63) is 34.9 Å². The maximum Gasteiger partial charge on any atom is 0.0296 e. The lowest BCUT2D eigenvalue weighted by Gasteiger charge is -2.21. The van der Waals surface area contributed by atoms with E-state index in [0.29, 0.717) is 18.1 Å². The minimum absolute atomic E-state index is 0.402. The maximum absolute atomic E-state index is 5.95. The number of benzene rings is 1. The van der Waals surface area contributed by atoms with Crippen molar-refractivity contribution < 1.29 is 0 Å². The summed E-state index contributed by atoms with van der Waals surface area (Å²) >= 11 is 0. The van der Waals surface area contributed by atoms with Crippen LogP contribution in [-0.4, -0.2) is 12.1 Å². The molecule has 0 amide bonds. The molecule has 0 aromatic heterocycles. The lowest BCUT2D eigenvalue weighted by Crippen LogP contribution is -2.31. The smallest absolute Gasteiger partial charge is 0.0296 e. The molecule has 94 valence electrons. The van der Waals surface area contributed by atoms with E-state index in [1.54, 1.807) is 0 Å². The van der Waals surface area contributed by atoms with Gasteiger partial charge in [0.05, 0.1) is 0 Å². The maximum atomic E-state index is 5.95. The molecule has 0 spiro atoms. The van der Waals surface area contributed by atoms with E-state index in [2.05, 4.69) is 44.3 Å². The summed E-state index contributed by atoms with van der Waals surface area (Å²) in [5.74, 6) is 0. The molecule has 2 nitrogen and oxygen atoms in total. The summed E-state index contributed by atoms with van der Waals surface area (Å²) in [6.45, 7) is 6.59. The third-order valence-electron chi connectivity index (χ3n) is 3.85. The molecule has 0 aliphatic heterocycles. The molecule has 1 aromatic carbocycles. The predicted molar refractivity (Wildman–Crippen MR) is 73.1 cm³/mol. The Morgan fingerprint density at radius 1 is 1.29 bits per heavy atom. The summed E-state index contributed by atoms with van der Waals surface area (Å²) in [5.41, 5.74) is 10.1. The van der Waals surface area contributed by atoms with Crippen LogP contribution < -0.4 is 11.1 Å². The molecule has 1 aromatic rings. The van der Waals surface area contributed by atoms with Gasteiger partial charge in [0, 0.05) is 18.1 Å². The van der Waals surface area contributed by atoms with Gasteiger partial charge in [-0.3, -0.25) is 0 Å². The first-order chi connectivity index (χ1) is 8.06. The molecule has 1 aliphatic carbocycles. The van der Waals surface area contributed by atoms with Gasteiger partial charge in [0.25, 0.3) is 0 Å². The highest BCUT2D eigenvalue weighted by molar-refractivity contribution is 5.32. The van der Waals surface area contributed by atoms with E-state index in [1.165, 1.54) is 23.1 Å². The van der Waals surface area contributed by atoms with E-state index < -0.39 is 0 Å². The predicted octanol–water partition coefficient (Wildman–Crippen LogP) is 2.83. The lowest BCUT2D eigenvalue weighted by molar-refractivity contribution is 0.456. The number of nitrogens with one attached hydrogen (secondary N) is 1. The lowest BCUT2D eigenvalue weighted by atomic mass is 9.99. The molecule has 17 heavy (non-hydrogen) atoms. The van der Waals surface area contributed by atoms with Crippen molar-refractivity contribution in [2.45, 2.75) is 58.2 Å². The molecule has 0 radical (unpaired) electrons. The molecular formula is C15H24N2. The molecular weight excluding hydrogens is 208 g/mol. The minimum Gasteiger partial charge on any atom is -0.328 e. The molecule has 3 unspecified atom stereocenters. The summed E-state index contributed by atoms with van der Waals surface area (Å²) in [6, 6.07) is 8.12. The Bertz CT molecular complexity index is 387. The van der Waals surface area contributed by atoms with Crippen molar-refractivity contribution in [3.8, 4) is 0 Å². The average Bonchev–Trinajstić information content (AvgIpc) is 2.63. The van der Waals surface area contributed by atoms with Crippen molar-refractivity contribution in [2.24, 2.45) is 5.73 Å². The zero-order valence-corrected chi connectivity index (χ0v) is 11.2. The summed E-state index contributed by atoms with van der Waals surface area (Å²) in [7, 11) is 0. The van der Waals surface area contributed by atoms with E-state index in [1.807, 2.05) is 0 Å². The van der Waals surface area contributed by atoms with Gasteiger partial charge in [-0.2, -0.15) is 0 Å².